The molecule has 7 heteroatoms. The van der Waals surface area contributed by atoms with Gasteiger partial charge in [-0.3, -0.25) is 9.69 Å². The first-order valence-corrected chi connectivity index (χ1v) is 10.2. The number of carbonyl (C=O) groups is 1. The van der Waals surface area contributed by atoms with E-state index < -0.39 is 0 Å². The molecule has 2 N–H and O–H groups in total. The zero-order valence-electron chi connectivity index (χ0n) is 16.9. The lowest BCUT2D eigenvalue weighted by atomic mass is 9.93. The maximum atomic E-state index is 12.2. The molecule has 28 heavy (non-hydrogen) atoms. The number of hydrogen-bond donors (Lipinski definition) is 2. The number of amides is 1. The van der Waals surface area contributed by atoms with Crippen LogP contribution in [0.3, 0.4) is 0 Å². The van der Waals surface area contributed by atoms with E-state index in [1.807, 2.05) is 25.1 Å². The third-order valence-corrected chi connectivity index (χ3v) is 5.56. The first kappa shape index (κ1) is 25.0. The molecule has 2 heterocycles. The lowest BCUT2D eigenvalue weighted by Crippen LogP contribution is -2.28. The predicted molar refractivity (Wildman–Crippen MR) is 120 cm³/mol. The van der Waals surface area contributed by atoms with Gasteiger partial charge in [-0.05, 0) is 94.9 Å². The molecular formula is C21H35Cl2N3O2. The molecule has 0 bridgehead atoms. The first-order valence-electron chi connectivity index (χ1n) is 10.2. The van der Waals surface area contributed by atoms with Gasteiger partial charge in [-0.15, -0.1) is 24.8 Å². The van der Waals surface area contributed by atoms with Crippen molar-refractivity contribution in [1.29, 1.82) is 0 Å². The van der Waals surface area contributed by atoms with E-state index >= 15 is 0 Å². The van der Waals surface area contributed by atoms with E-state index in [2.05, 4.69) is 15.5 Å². The van der Waals surface area contributed by atoms with Crippen molar-refractivity contribution in [2.75, 3.05) is 44.6 Å². The van der Waals surface area contributed by atoms with Crippen molar-refractivity contribution in [2.24, 2.45) is 5.92 Å². The maximum Gasteiger partial charge on any atom is 0.224 e. The quantitative estimate of drug-likeness (QED) is 0.651. The highest BCUT2D eigenvalue weighted by Gasteiger charge is 2.15. The van der Waals surface area contributed by atoms with Crippen molar-refractivity contribution < 1.29 is 9.53 Å². The SMILES string of the molecule is Cc1cc(NC(=O)CCC2CCNCC2)ccc1OCCN1CCCC1.Cl.Cl. The Balaban J connectivity index is 0.00000196. The average Bonchev–Trinajstić information content (AvgIpc) is 3.16. The van der Waals surface area contributed by atoms with Crippen LogP contribution in [0.25, 0.3) is 0 Å². The van der Waals surface area contributed by atoms with E-state index in [0.717, 1.165) is 49.7 Å². The molecule has 0 saturated carbocycles. The van der Waals surface area contributed by atoms with Crippen LogP contribution in [0.5, 0.6) is 5.75 Å². The summed E-state index contributed by atoms with van der Waals surface area (Å²) >= 11 is 0. The molecule has 5 nitrogen and oxygen atoms in total. The monoisotopic (exact) mass is 431 g/mol. The van der Waals surface area contributed by atoms with Gasteiger partial charge in [0.25, 0.3) is 0 Å². The molecule has 2 fully saturated rings. The Labute approximate surface area is 181 Å². The number of piperidine rings is 1. The fraction of sp³-hybridized carbons (Fsp3) is 0.667. The van der Waals surface area contributed by atoms with E-state index in [-0.39, 0.29) is 30.7 Å². The Hall–Kier alpha value is -1.01. The van der Waals surface area contributed by atoms with Crippen LogP contribution in [-0.2, 0) is 4.79 Å². The van der Waals surface area contributed by atoms with Crippen molar-refractivity contribution in [3.8, 4) is 5.75 Å². The fourth-order valence-electron chi connectivity index (χ4n) is 3.91. The van der Waals surface area contributed by atoms with Crippen molar-refractivity contribution >= 4 is 36.4 Å². The Bertz CT molecular complexity index is 589. The lowest BCUT2D eigenvalue weighted by Gasteiger charge is -2.22. The fourth-order valence-corrected chi connectivity index (χ4v) is 3.91. The highest BCUT2D eigenvalue weighted by molar-refractivity contribution is 5.90. The van der Waals surface area contributed by atoms with Crippen LogP contribution in [0.4, 0.5) is 5.69 Å². The summed E-state index contributed by atoms with van der Waals surface area (Å²) in [6.45, 7) is 8.33. The Morgan fingerprint density at radius 2 is 1.93 bits per heavy atom. The van der Waals surface area contributed by atoms with Gasteiger partial charge in [0.05, 0.1) is 0 Å². The molecule has 0 spiro atoms. The van der Waals surface area contributed by atoms with E-state index in [4.69, 9.17) is 4.74 Å². The van der Waals surface area contributed by atoms with Crippen LogP contribution in [0.2, 0.25) is 0 Å². The molecule has 0 aliphatic carbocycles. The minimum Gasteiger partial charge on any atom is -0.492 e. The number of nitrogens with one attached hydrogen (secondary N) is 2. The molecule has 2 saturated heterocycles. The zero-order valence-corrected chi connectivity index (χ0v) is 18.5. The Morgan fingerprint density at radius 3 is 2.61 bits per heavy atom. The van der Waals surface area contributed by atoms with Gasteiger partial charge in [-0.1, -0.05) is 0 Å². The molecule has 1 aromatic carbocycles. The molecular weight excluding hydrogens is 397 g/mol. The maximum absolute atomic E-state index is 12.2. The predicted octanol–water partition coefficient (Wildman–Crippen LogP) is 4.03. The zero-order chi connectivity index (χ0) is 18.2. The van der Waals surface area contributed by atoms with Crippen molar-refractivity contribution in [3.05, 3.63) is 23.8 Å². The molecule has 0 unspecified atom stereocenters. The van der Waals surface area contributed by atoms with Gasteiger partial charge < -0.3 is 15.4 Å². The number of aryl methyl sites for hydroxylation is 1. The van der Waals surface area contributed by atoms with Gasteiger partial charge in [0, 0.05) is 18.7 Å². The summed E-state index contributed by atoms with van der Waals surface area (Å²) in [7, 11) is 0. The van der Waals surface area contributed by atoms with Crippen molar-refractivity contribution in [3.63, 3.8) is 0 Å². The first-order chi connectivity index (χ1) is 12.7. The molecule has 3 rings (SSSR count). The lowest BCUT2D eigenvalue weighted by molar-refractivity contribution is -0.116. The van der Waals surface area contributed by atoms with Gasteiger partial charge in [-0.2, -0.15) is 0 Å². The number of likely N-dealkylation sites (tertiary alicyclic amines) is 1. The minimum atomic E-state index is 0. The molecule has 2 aliphatic rings. The number of carbonyl (C=O) groups excluding carboxylic acids is 1. The normalized spacial score (nSPS) is 17.5. The van der Waals surface area contributed by atoms with Crippen molar-refractivity contribution in [2.45, 2.75) is 45.4 Å². The van der Waals surface area contributed by atoms with Crippen LogP contribution in [0.1, 0.15) is 44.1 Å². The second-order valence-corrected chi connectivity index (χ2v) is 7.66. The second kappa shape index (κ2) is 13.3. The van der Waals surface area contributed by atoms with Gasteiger partial charge in [0.15, 0.2) is 0 Å². The molecule has 1 aromatic rings. The molecule has 1 amide bonds. The van der Waals surface area contributed by atoms with Crippen LogP contribution in [-0.4, -0.2) is 50.1 Å². The number of nitrogens with zero attached hydrogens (tertiary/aromatic N) is 1. The highest BCUT2D eigenvalue weighted by atomic mass is 35.5. The molecule has 2 aliphatic heterocycles. The number of anilines is 1. The van der Waals surface area contributed by atoms with Gasteiger partial charge >= 0.3 is 0 Å². The molecule has 0 aromatic heterocycles. The van der Waals surface area contributed by atoms with Crippen LogP contribution < -0.4 is 15.4 Å². The third kappa shape index (κ3) is 8.16. The summed E-state index contributed by atoms with van der Waals surface area (Å²) in [6, 6.07) is 5.93. The Kier molecular flexibility index (Phi) is 11.8. The number of halogens is 2. The summed E-state index contributed by atoms with van der Waals surface area (Å²) in [5, 5.41) is 6.40. The third-order valence-electron chi connectivity index (χ3n) is 5.56. The summed E-state index contributed by atoms with van der Waals surface area (Å²) in [4.78, 5) is 14.7. The molecule has 0 radical (unpaired) electrons. The van der Waals surface area contributed by atoms with Gasteiger partial charge in [0.2, 0.25) is 5.91 Å². The summed E-state index contributed by atoms with van der Waals surface area (Å²) < 4.78 is 5.93. The second-order valence-electron chi connectivity index (χ2n) is 7.66. The number of rotatable bonds is 8. The smallest absolute Gasteiger partial charge is 0.224 e. The van der Waals surface area contributed by atoms with E-state index in [9.17, 15) is 4.79 Å². The number of benzene rings is 1. The standard InChI is InChI=1S/C21H33N3O2.2ClH/c1-17-16-19(23-21(25)7-4-18-8-10-22-11-9-18)5-6-20(17)26-15-14-24-12-2-3-13-24;;/h5-6,16,18,22H,2-4,7-15H2,1H3,(H,23,25);2*1H. The highest BCUT2D eigenvalue weighted by Crippen LogP contribution is 2.23. The number of hydrogen-bond acceptors (Lipinski definition) is 4. The number of ether oxygens (including phenoxy) is 1. The van der Waals surface area contributed by atoms with Crippen LogP contribution in [0.15, 0.2) is 18.2 Å². The van der Waals surface area contributed by atoms with Crippen molar-refractivity contribution in [1.82, 2.24) is 10.2 Å². The Morgan fingerprint density at radius 1 is 1.21 bits per heavy atom. The van der Waals surface area contributed by atoms with Gasteiger partial charge in [0.1, 0.15) is 12.4 Å². The van der Waals surface area contributed by atoms with E-state index in [1.54, 1.807) is 0 Å². The largest absolute Gasteiger partial charge is 0.492 e. The van der Waals surface area contributed by atoms with Crippen LogP contribution >= 0.6 is 24.8 Å². The van der Waals surface area contributed by atoms with Crippen LogP contribution in [0, 0.1) is 12.8 Å². The summed E-state index contributed by atoms with van der Waals surface area (Å²) in [5.41, 5.74) is 1.94. The van der Waals surface area contributed by atoms with E-state index in [1.165, 1.54) is 38.8 Å². The van der Waals surface area contributed by atoms with Gasteiger partial charge in [-0.25, -0.2) is 0 Å². The topological polar surface area (TPSA) is 53.6 Å². The summed E-state index contributed by atoms with van der Waals surface area (Å²) in [6.07, 6.45) is 6.60. The van der Waals surface area contributed by atoms with E-state index in [0.29, 0.717) is 12.3 Å². The molecule has 160 valence electrons. The summed E-state index contributed by atoms with van der Waals surface area (Å²) in [5.74, 6) is 1.72. The minimum absolute atomic E-state index is 0. The molecule has 0 atom stereocenters. The average molecular weight is 432 g/mol.